The van der Waals surface area contributed by atoms with Crippen LogP contribution in [0.5, 0.6) is 0 Å². The number of nitrogens with zero attached hydrogens (tertiary/aromatic N) is 2. The zero-order valence-corrected chi connectivity index (χ0v) is 17.4. The Morgan fingerprint density at radius 2 is 2.13 bits per heavy atom. The zero-order chi connectivity index (χ0) is 15.8. The maximum atomic E-state index is 13.3. The number of hydrogen-bond donors (Lipinski definition) is 2. The van der Waals surface area contributed by atoms with E-state index in [-0.39, 0.29) is 65.5 Å². The number of aliphatic hydroxyl groups is 1. The van der Waals surface area contributed by atoms with Crippen LogP contribution in [0, 0.1) is 0 Å². The quantitative estimate of drug-likeness (QED) is 0.364. The van der Waals surface area contributed by atoms with Crippen molar-refractivity contribution in [1.29, 1.82) is 0 Å². The molecule has 0 saturated carbocycles. The molecule has 2 N–H and O–H groups in total. The number of aliphatic imine (C=N–C) groups is 1. The zero-order valence-electron chi connectivity index (χ0n) is 12.5. The second kappa shape index (κ2) is 9.56. The van der Waals surface area contributed by atoms with Crippen molar-refractivity contribution in [3.05, 3.63) is 0 Å². The van der Waals surface area contributed by atoms with Gasteiger partial charge in [-0.2, -0.15) is 0 Å². The van der Waals surface area contributed by atoms with Gasteiger partial charge in [0, 0.05) is 12.3 Å². The first kappa shape index (κ1) is 23.9. The molecule has 1 fully saturated rings. The van der Waals surface area contributed by atoms with Crippen LogP contribution < -0.4 is 69.1 Å². The number of phosphoric acid groups is 1. The van der Waals surface area contributed by atoms with E-state index in [1.807, 2.05) is 0 Å². The van der Waals surface area contributed by atoms with Crippen LogP contribution in [0.1, 0.15) is 6.42 Å². The molecule has 0 aliphatic carbocycles. The van der Waals surface area contributed by atoms with Crippen molar-refractivity contribution in [2.45, 2.75) is 31.0 Å². The van der Waals surface area contributed by atoms with Gasteiger partial charge in [-0.15, -0.1) is 0 Å². The molecule has 2 amide bonds. The Labute approximate surface area is 174 Å². The van der Waals surface area contributed by atoms with E-state index in [2.05, 4.69) is 9.52 Å². The van der Waals surface area contributed by atoms with Crippen molar-refractivity contribution >= 4 is 19.8 Å². The Hall–Kier alpha value is 0.900. The molecule has 14 heteroatoms. The van der Waals surface area contributed by atoms with Crippen molar-refractivity contribution in [3.8, 4) is 0 Å². The average Bonchev–Trinajstić information content (AvgIpc) is 2.72. The molecule has 2 aliphatic heterocycles. The topological polar surface area (TPSA) is 155 Å². The first-order valence-electron chi connectivity index (χ1n) is 5.89. The molecule has 5 atom stereocenters. The summed E-state index contributed by atoms with van der Waals surface area (Å²) in [5, 5.41) is 20.6. The van der Waals surface area contributed by atoms with Crippen LogP contribution in [-0.2, 0) is 13.8 Å². The first-order valence-corrected chi connectivity index (χ1v) is 7.39. The smallest absolute Gasteiger partial charge is 0.860 e. The predicted molar refractivity (Wildman–Crippen MR) is 59.5 cm³/mol. The Bertz CT molecular complexity index is 506. The van der Waals surface area contributed by atoms with E-state index in [1.165, 1.54) is 0 Å². The molecule has 1 saturated heterocycles. The van der Waals surface area contributed by atoms with Crippen LogP contribution in [0.4, 0.5) is 9.18 Å². The summed E-state index contributed by atoms with van der Waals surface area (Å²) in [5.41, 5.74) is 0. The maximum Gasteiger partial charge on any atom is 1.00 e. The van der Waals surface area contributed by atoms with E-state index in [0.29, 0.717) is 0 Å². The van der Waals surface area contributed by atoms with Gasteiger partial charge in [0.25, 0.3) is 7.82 Å². The number of carbonyl (C=O) groups is 1. The summed E-state index contributed by atoms with van der Waals surface area (Å²) in [6, 6.07) is -0.996. The van der Waals surface area contributed by atoms with Crippen molar-refractivity contribution in [2.24, 2.45) is 4.99 Å². The molecule has 10 nitrogen and oxygen atoms in total. The third-order valence-corrected chi connectivity index (χ3v) is 3.51. The largest absolute Gasteiger partial charge is 1.00 e. The predicted octanol–water partition coefficient (Wildman–Crippen LogP) is -8.52. The SMILES string of the molecule is O=C1N=C([O-])C(F)CN1[C@H]1C[C@H](O)[C@@H](COP(=O)([O-])O)O1.[Na+].[Na+]. The number of carbonyl (C=O) groups excluding carboxylic acids is 1. The van der Waals surface area contributed by atoms with Gasteiger partial charge in [0.1, 0.15) is 18.5 Å². The molecule has 0 bridgehead atoms. The van der Waals surface area contributed by atoms with Crippen LogP contribution in [0.3, 0.4) is 0 Å². The van der Waals surface area contributed by atoms with E-state index < -0.39 is 57.5 Å². The number of amides is 2. The van der Waals surface area contributed by atoms with Gasteiger partial charge in [-0.3, -0.25) is 9.46 Å². The van der Waals surface area contributed by atoms with Crippen molar-refractivity contribution in [1.82, 2.24) is 4.90 Å². The first-order chi connectivity index (χ1) is 9.67. The van der Waals surface area contributed by atoms with Gasteiger partial charge in [-0.1, -0.05) is 0 Å². The van der Waals surface area contributed by atoms with Crippen LogP contribution >= 0.6 is 7.82 Å². The number of aliphatic hydroxyl groups excluding tert-OH is 1. The van der Waals surface area contributed by atoms with Crippen molar-refractivity contribution < 1.29 is 102 Å². The monoisotopic (exact) mass is 372 g/mol. The molecular formula is C9H12FN2Na2O8P. The number of ether oxygens (including phenoxy) is 1. The molecule has 0 spiro atoms. The van der Waals surface area contributed by atoms with E-state index in [0.717, 1.165) is 4.90 Å². The van der Waals surface area contributed by atoms with Gasteiger partial charge in [-0.25, -0.2) is 14.2 Å². The van der Waals surface area contributed by atoms with Gasteiger partial charge in [0.2, 0.25) is 0 Å². The van der Waals surface area contributed by atoms with E-state index in [9.17, 15) is 28.9 Å². The number of alkyl halides is 1. The molecule has 0 aromatic carbocycles. The van der Waals surface area contributed by atoms with Crippen molar-refractivity contribution in [3.63, 3.8) is 0 Å². The normalized spacial score (nSPS) is 33.3. The number of phosphoric ester groups is 1. The Morgan fingerprint density at radius 3 is 2.70 bits per heavy atom. The minimum Gasteiger partial charge on any atom is -0.860 e. The van der Waals surface area contributed by atoms with E-state index in [1.54, 1.807) is 0 Å². The van der Waals surface area contributed by atoms with Gasteiger partial charge in [-0.05, 0) is 0 Å². The summed E-state index contributed by atoms with van der Waals surface area (Å²) < 4.78 is 33.0. The van der Waals surface area contributed by atoms with Gasteiger partial charge in [0.15, 0.2) is 0 Å². The molecule has 0 aromatic heterocycles. The molecule has 0 aromatic rings. The Morgan fingerprint density at radius 1 is 1.52 bits per heavy atom. The van der Waals surface area contributed by atoms with Crippen LogP contribution in [0.2, 0.25) is 0 Å². The summed E-state index contributed by atoms with van der Waals surface area (Å²) in [6.07, 6.45) is -5.50. The number of hydrogen-bond acceptors (Lipinski definition) is 7. The Balaban J connectivity index is 0.00000242. The fraction of sp³-hybridized carbons (Fsp3) is 0.778. The molecule has 2 aliphatic rings. The number of halogens is 1. The fourth-order valence-corrected chi connectivity index (χ4v) is 2.36. The van der Waals surface area contributed by atoms with Crippen LogP contribution in [0.15, 0.2) is 4.99 Å². The van der Waals surface area contributed by atoms with Gasteiger partial charge < -0.3 is 29.3 Å². The standard InChI is InChI=1S/C9H14FN2O8P.2Na/c10-4-2-12(9(15)11-8(4)14)7-1-5(13)6(20-7)3-19-21(16,17)18;;/h4-7,13H,1-3H2,(H,11,14,15)(H2,16,17,18);;/q;2*+1/p-2/t4?,5-,6+,7+;;/m0../s1. The summed E-state index contributed by atoms with van der Waals surface area (Å²) in [4.78, 5) is 34.2. The summed E-state index contributed by atoms with van der Waals surface area (Å²) >= 11 is 0. The van der Waals surface area contributed by atoms with Gasteiger partial charge >= 0.3 is 65.1 Å². The third-order valence-electron chi connectivity index (χ3n) is 3.03. The molecule has 2 unspecified atom stereocenters. The maximum absolute atomic E-state index is 13.3. The number of urea groups is 1. The summed E-state index contributed by atoms with van der Waals surface area (Å²) in [7, 11) is -4.97. The average molecular weight is 372 g/mol. The van der Waals surface area contributed by atoms with Gasteiger partial charge in [0.05, 0.1) is 19.3 Å². The van der Waals surface area contributed by atoms with E-state index >= 15 is 0 Å². The summed E-state index contributed by atoms with van der Waals surface area (Å²) in [6.45, 7) is -1.22. The molecule has 120 valence electrons. The Kier molecular flexibility index (Phi) is 9.93. The molecule has 2 rings (SSSR count). The molecule has 23 heavy (non-hydrogen) atoms. The van der Waals surface area contributed by atoms with E-state index in [4.69, 9.17) is 9.63 Å². The van der Waals surface area contributed by atoms with Crippen molar-refractivity contribution in [2.75, 3.05) is 13.2 Å². The molecular weight excluding hydrogens is 360 g/mol. The second-order valence-corrected chi connectivity index (χ2v) is 5.74. The third kappa shape index (κ3) is 6.61. The fourth-order valence-electron chi connectivity index (χ4n) is 2.02. The second-order valence-electron chi connectivity index (χ2n) is 4.55. The number of rotatable bonds is 4. The minimum absolute atomic E-state index is 0. The summed E-state index contributed by atoms with van der Waals surface area (Å²) in [5.74, 6) is -1.18. The minimum atomic E-state index is -4.97. The molecule has 2 heterocycles. The van der Waals surface area contributed by atoms with Crippen LogP contribution in [0.25, 0.3) is 0 Å². The van der Waals surface area contributed by atoms with Crippen LogP contribution in [-0.4, -0.2) is 64.6 Å². The molecule has 0 radical (unpaired) electrons.